The van der Waals surface area contributed by atoms with Crippen molar-refractivity contribution in [2.75, 3.05) is 26.3 Å². The van der Waals surface area contributed by atoms with Crippen molar-refractivity contribution in [3.63, 3.8) is 0 Å². The molecule has 11 nitrogen and oxygen atoms in total. The van der Waals surface area contributed by atoms with Gasteiger partial charge in [-0.15, -0.1) is 5.06 Å². The highest BCUT2D eigenvalue weighted by Crippen LogP contribution is 2.13. The zero-order valence-corrected chi connectivity index (χ0v) is 14.7. The molecule has 0 radical (unpaired) electrons. The van der Waals surface area contributed by atoms with E-state index in [0.29, 0.717) is 5.06 Å². The molecule has 0 bridgehead atoms. The van der Waals surface area contributed by atoms with Gasteiger partial charge in [-0.1, -0.05) is 0 Å². The smallest absolute Gasteiger partial charge is 0.335 e. The lowest BCUT2D eigenvalue weighted by molar-refractivity contribution is -0.198. The number of likely N-dealkylation sites (tertiary alicyclic amines) is 1. The summed E-state index contributed by atoms with van der Waals surface area (Å²) in [5, 5.41) is 3.04. The zero-order chi connectivity index (χ0) is 19.8. The van der Waals surface area contributed by atoms with Crippen molar-refractivity contribution in [3.05, 3.63) is 0 Å². The largest absolute Gasteiger partial charge is 0.379 e. The molecule has 1 N–H and O–H groups in total. The number of nitrogens with zero attached hydrogens (tertiary/aromatic N) is 2. The molecule has 2 aliphatic rings. The van der Waals surface area contributed by atoms with E-state index in [1.165, 1.54) is 0 Å². The molecule has 0 aromatic heterocycles. The van der Waals surface area contributed by atoms with Gasteiger partial charge in [-0.25, -0.2) is 4.79 Å². The first-order valence-corrected chi connectivity index (χ1v) is 8.62. The highest BCUT2D eigenvalue weighted by Gasteiger charge is 2.32. The summed E-state index contributed by atoms with van der Waals surface area (Å²) in [4.78, 5) is 74.3. The summed E-state index contributed by atoms with van der Waals surface area (Å²) in [6.07, 6.45) is 0.310. The van der Waals surface area contributed by atoms with Crippen molar-refractivity contribution in [2.45, 2.75) is 38.5 Å². The number of hydrogen-bond donors (Lipinski definition) is 1. The first-order chi connectivity index (χ1) is 12.9. The lowest BCUT2D eigenvalue weighted by Gasteiger charge is -2.13. The first kappa shape index (κ1) is 20.5. The van der Waals surface area contributed by atoms with Crippen molar-refractivity contribution in [1.82, 2.24) is 15.3 Å². The molecular formula is C16H21N3O8. The van der Waals surface area contributed by atoms with Crippen molar-refractivity contribution in [2.24, 2.45) is 0 Å². The van der Waals surface area contributed by atoms with E-state index in [1.54, 1.807) is 0 Å². The maximum atomic E-state index is 11.6. The standard InChI is InChI=1S/C16H21N3O8/c20-11(5-8-18-12(21)1-2-13(18)22)17-7-10-26-9-6-16(25)27-19-14(23)3-4-15(19)24/h1-10H2,(H,17,20). The van der Waals surface area contributed by atoms with Crippen LogP contribution in [0.15, 0.2) is 0 Å². The summed E-state index contributed by atoms with van der Waals surface area (Å²) in [5.74, 6) is -2.71. The monoisotopic (exact) mass is 383 g/mol. The molecule has 0 spiro atoms. The topological polar surface area (TPSA) is 139 Å². The van der Waals surface area contributed by atoms with Gasteiger partial charge in [-0.2, -0.15) is 0 Å². The molecule has 0 atom stereocenters. The maximum absolute atomic E-state index is 11.6. The Kier molecular flexibility index (Phi) is 7.41. The van der Waals surface area contributed by atoms with Crippen LogP contribution >= 0.6 is 0 Å². The van der Waals surface area contributed by atoms with Crippen molar-refractivity contribution >= 4 is 35.5 Å². The van der Waals surface area contributed by atoms with Crippen LogP contribution < -0.4 is 5.32 Å². The summed E-state index contributed by atoms with van der Waals surface area (Å²) in [5.41, 5.74) is 0. The zero-order valence-electron chi connectivity index (χ0n) is 14.7. The Labute approximate surface area is 154 Å². The van der Waals surface area contributed by atoms with Crippen LogP contribution in [0.5, 0.6) is 0 Å². The molecule has 11 heteroatoms. The number of rotatable bonds is 10. The Hall–Kier alpha value is -2.82. The molecule has 2 rings (SSSR count). The molecule has 2 saturated heterocycles. The number of imide groups is 2. The van der Waals surface area contributed by atoms with Crippen molar-refractivity contribution in [3.8, 4) is 0 Å². The van der Waals surface area contributed by atoms with Gasteiger partial charge in [0.1, 0.15) is 0 Å². The fraction of sp³-hybridized carbons (Fsp3) is 0.625. The van der Waals surface area contributed by atoms with E-state index >= 15 is 0 Å². The minimum atomic E-state index is -0.761. The number of hydroxylamine groups is 2. The average molecular weight is 383 g/mol. The Bertz CT molecular complexity index is 616. The normalized spacial score (nSPS) is 17.0. The van der Waals surface area contributed by atoms with Gasteiger partial charge in [0.15, 0.2) is 0 Å². The van der Waals surface area contributed by atoms with E-state index in [1.807, 2.05) is 0 Å². The van der Waals surface area contributed by atoms with E-state index < -0.39 is 17.8 Å². The number of hydrogen-bond acceptors (Lipinski definition) is 8. The molecule has 5 amide bonds. The summed E-state index contributed by atoms with van der Waals surface area (Å²) in [6, 6.07) is 0. The number of ether oxygens (including phenoxy) is 1. The molecule has 0 aliphatic carbocycles. The van der Waals surface area contributed by atoms with Gasteiger partial charge >= 0.3 is 5.97 Å². The van der Waals surface area contributed by atoms with Gasteiger partial charge in [0.05, 0.1) is 19.6 Å². The highest BCUT2D eigenvalue weighted by atomic mass is 16.7. The van der Waals surface area contributed by atoms with E-state index in [4.69, 9.17) is 4.74 Å². The first-order valence-electron chi connectivity index (χ1n) is 8.62. The lowest BCUT2D eigenvalue weighted by atomic mass is 10.3. The minimum absolute atomic E-state index is 0.00169. The van der Waals surface area contributed by atoms with Crippen LogP contribution in [0.4, 0.5) is 0 Å². The lowest BCUT2D eigenvalue weighted by Crippen LogP contribution is -2.35. The Morgan fingerprint density at radius 2 is 1.44 bits per heavy atom. The van der Waals surface area contributed by atoms with Gasteiger partial charge in [0, 0.05) is 45.2 Å². The van der Waals surface area contributed by atoms with Gasteiger partial charge in [-0.05, 0) is 0 Å². The summed E-state index contributed by atoms with van der Waals surface area (Å²) in [7, 11) is 0. The predicted octanol–water partition coefficient (Wildman–Crippen LogP) is -1.34. The molecule has 0 aromatic rings. The van der Waals surface area contributed by atoms with E-state index in [-0.39, 0.29) is 82.5 Å². The third kappa shape index (κ3) is 6.13. The molecule has 0 unspecified atom stereocenters. The number of nitrogens with one attached hydrogen (secondary N) is 1. The third-order valence-electron chi connectivity index (χ3n) is 3.94. The van der Waals surface area contributed by atoms with Gasteiger partial charge in [-0.3, -0.25) is 28.9 Å². The number of amides is 5. The Morgan fingerprint density at radius 1 is 0.852 bits per heavy atom. The van der Waals surface area contributed by atoms with Crippen LogP contribution in [0.2, 0.25) is 0 Å². The molecule has 27 heavy (non-hydrogen) atoms. The number of carbonyl (C=O) groups is 6. The second-order valence-corrected chi connectivity index (χ2v) is 5.95. The van der Waals surface area contributed by atoms with E-state index in [9.17, 15) is 28.8 Å². The van der Waals surface area contributed by atoms with Crippen molar-refractivity contribution < 1.29 is 38.3 Å². The fourth-order valence-corrected chi connectivity index (χ4v) is 2.50. The second kappa shape index (κ2) is 9.76. The SMILES string of the molecule is O=C(CCN1C(=O)CCC1=O)NCCOCCC(=O)ON1C(=O)CCC1=O. The van der Waals surface area contributed by atoms with Gasteiger partial charge < -0.3 is 14.9 Å². The van der Waals surface area contributed by atoms with Crippen LogP contribution in [0, 0.1) is 0 Å². The molecule has 2 aliphatic heterocycles. The van der Waals surface area contributed by atoms with E-state index in [2.05, 4.69) is 10.2 Å². The highest BCUT2D eigenvalue weighted by molar-refractivity contribution is 6.02. The Morgan fingerprint density at radius 3 is 2.07 bits per heavy atom. The number of carbonyl (C=O) groups excluding carboxylic acids is 6. The third-order valence-corrected chi connectivity index (χ3v) is 3.94. The van der Waals surface area contributed by atoms with Gasteiger partial charge in [0.2, 0.25) is 17.7 Å². The molecular weight excluding hydrogens is 362 g/mol. The minimum Gasteiger partial charge on any atom is -0.379 e. The molecule has 0 saturated carbocycles. The quantitative estimate of drug-likeness (QED) is 0.361. The molecule has 0 aromatic carbocycles. The van der Waals surface area contributed by atoms with Crippen LogP contribution in [-0.2, 0) is 38.3 Å². The van der Waals surface area contributed by atoms with Crippen LogP contribution in [0.1, 0.15) is 38.5 Å². The van der Waals surface area contributed by atoms with Crippen LogP contribution in [-0.4, -0.2) is 71.8 Å². The summed E-state index contributed by atoms with van der Waals surface area (Å²) >= 11 is 0. The van der Waals surface area contributed by atoms with E-state index in [0.717, 1.165) is 4.90 Å². The molecule has 148 valence electrons. The molecule has 2 fully saturated rings. The Balaban J connectivity index is 1.49. The van der Waals surface area contributed by atoms with Crippen LogP contribution in [0.3, 0.4) is 0 Å². The predicted molar refractivity (Wildman–Crippen MR) is 86.2 cm³/mol. The fourth-order valence-electron chi connectivity index (χ4n) is 2.50. The van der Waals surface area contributed by atoms with Gasteiger partial charge in [0.25, 0.3) is 11.8 Å². The molecule has 2 heterocycles. The average Bonchev–Trinajstić information content (AvgIpc) is 3.12. The van der Waals surface area contributed by atoms with Crippen LogP contribution in [0.25, 0.3) is 0 Å². The maximum Gasteiger partial charge on any atom is 0.335 e. The van der Waals surface area contributed by atoms with Crippen molar-refractivity contribution in [1.29, 1.82) is 0 Å². The second-order valence-electron chi connectivity index (χ2n) is 5.95. The summed E-state index contributed by atoms with van der Waals surface area (Å²) in [6.45, 7) is 0.396. The summed E-state index contributed by atoms with van der Waals surface area (Å²) < 4.78 is 5.16.